The lowest BCUT2D eigenvalue weighted by Gasteiger charge is -2.30. The van der Waals surface area contributed by atoms with Gasteiger partial charge in [0, 0.05) is 11.6 Å². The van der Waals surface area contributed by atoms with E-state index in [9.17, 15) is 0 Å². The van der Waals surface area contributed by atoms with Gasteiger partial charge in [-0.1, -0.05) is 86.8 Å². The molecule has 0 N–H and O–H groups in total. The first kappa shape index (κ1) is 15.0. The van der Waals surface area contributed by atoms with Crippen LogP contribution in [0, 0.1) is 5.41 Å². The molecule has 1 heteroatoms. The van der Waals surface area contributed by atoms with Gasteiger partial charge in [0.05, 0.1) is 6.04 Å². The largest absolute Gasteiger partial charge is 0.284 e. The van der Waals surface area contributed by atoms with Crippen molar-refractivity contribution in [3.8, 4) is 0 Å². The van der Waals surface area contributed by atoms with E-state index in [0.717, 1.165) is 0 Å². The molecule has 1 aliphatic carbocycles. The summed E-state index contributed by atoms with van der Waals surface area (Å²) in [7, 11) is 0. The molecule has 1 saturated carbocycles. The van der Waals surface area contributed by atoms with E-state index in [1.54, 1.807) is 0 Å². The topological polar surface area (TPSA) is 12.4 Å². The highest BCUT2D eigenvalue weighted by molar-refractivity contribution is 5.66. The van der Waals surface area contributed by atoms with Crippen molar-refractivity contribution in [1.82, 2.24) is 0 Å². The maximum Gasteiger partial charge on any atom is 0.0995 e. The fourth-order valence-electron chi connectivity index (χ4n) is 3.38. The average Bonchev–Trinajstić information content (AvgIpc) is 2.58. The summed E-state index contributed by atoms with van der Waals surface area (Å²) >= 11 is 0. The number of aliphatic imine (C=N–C) groups is 1. The molecule has 0 saturated heterocycles. The van der Waals surface area contributed by atoms with Crippen LogP contribution in [0.1, 0.15) is 56.2 Å². The summed E-state index contributed by atoms with van der Waals surface area (Å²) in [5, 5.41) is 0. The summed E-state index contributed by atoms with van der Waals surface area (Å²) in [6.45, 7) is 2.36. The quantitative estimate of drug-likeness (QED) is 0.630. The first-order valence-corrected chi connectivity index (χ1v) is 8.41. The van der Waals surface area contributed by atoms with Crippen molar-refractivity contribution in [1.29, 1.82) is 0 Å². The minimum Gasteiger partial charge on any atom is -0.284 e. The second kappa shape index (κ2) is 6.91. The molecule has 0 spiro atoms. The summed E-state index contributed by atoms with van der Waals surface area (Å²) in [6.07, 6.45) is 8.84. The van der Waals surface area contributed by atoms with Crippen LogP contribution < -0.4 is 0 Å². The zero-order valence-corrected chi connectivity index (χ0v) is 13.4. The molecule has 22 heavy (non-hydrogen) atoms. The van der Waals surface area contributed by atoms with Crippen molar-refractivity contribution in [3.05, 3.63) is 71.8 Å². The van der Waals surface area contributed by atoms with Crippen LogP contribution in [-0.4, -0.2) is 6.21 Å². The zero-order chi connectivity index (χ0) is 15.3. The van der Waals surface area contributed by atoms with Crippen molar-refractivity contribution in [2.75, 3.05) is 0 Å². The highest BCUT2D eigenvalue weighted by Crippen LogP contribution is 2.35. The Morgan fingerprint density at radius 1 is 0.818 bits per heavy atom. The Bertz CT molecular complexity index is 555. The van der Waals surface area contributed by atoms with Crippen LogP contribution in [-0.2, 0) is 0 Å². The molecule has 0 aromatic heterocycles. The summed E-state index contributed by atoms with van der Waals surface area (Å²) in [4.78, 5) is 5.03. The molecule has 0 aliphatic heterocycles. The molecule has 3 rings (SSSR count). The number of hydrogen-bond acceptors (Lipinski definition) is 1. The Labute approximate surface area is 134 Å². The van der Waals surface area contributed by atoms with E-state index in [0.29, 0.717) is 0 Å². The van der Waals surface area contributed by atoms with E-state index in [4.69, 9.17) is 4.99 Å². The normalized spacial score (nSPS) is 17.9. The third-order valence-electron chi connectivity index (χ3n) is 4.76. The Hall–Kier alpha value is -1.89. The first-order valence-electron chi connectivity index (χ1n) is 8.41. The summed E-state index contributed by atoms with van der Waals surface area (Å²) < 4.78 is 0. The van der Waals surface area contributed by atoms with E-state index >= 15 is 0 Å². The maximum absolute atomic E-state index is 5.03. The Morgan fingerprint density at radius 3 is 1.82 bits per heavy atom. The number of benzene rings is 2. The second-order valence-electron chi connectivity index (χ2n) is 6.72. The molecule has 0 bridgehead atoms. The third-order valence-corrected chi connectivity index (χ3v) is 4.76. The summed E-state index contributed by atoms with van der Waals surface area (Å²) in [5.41, 5.74) is 2.81. The van der Waals surface area contributed by atoms with E-state index in [1.165, 1.54) is 43.2 Å². The van der Waals surface area contributed by atoms with Gasteiger partial charge >= 0.3 is 0 Å². The molecule has 0 atom stereocenters. The van der Waals surface area contributed by atoms with Crippen LogP contribution in [0.2, 0.25) is 0 Å². The maximum atomic E-state index is 5.03. The van der Waals surface area contributed by atoms with Crippen molar-refractivity contribution < 1.29 is 0 Å². The number of rotatable bonds is 4. The van der Waals surface area contributed by atoms with E-state index < -0.39 is 0 Å². The monoisotopic (exact) mass is 291 g/mol. The Balaban J connectivity index is 1.89. The van der Waals surface area contributed by atoms with Gasteiger partial charge in [-0.3, -0.25) is 4.99 Å². The lowest BCUT2D eigenvalue weighted by Crippen LogP contribution is -2.22. The Morgan fingerprint density at radius 2 is 1.32 bits per heavy atom. The van der Waals surface area contributed by atoms with Crippen LogP contribution >= 0.6 is 0 Å². The molecule has 1 aliphatic rings. The van der Waals surface area contributed by atoms with E-state index in [1.807, 2.05) is 0 Å². The van der Waals surface area contributed by atoms with Gasteiger partial charge in [0.25, 0.3) is 0 Å². The molecule has 1 nitrogen and oxygen atoms in total. The predicted octanol–water partition coefficient (Wildman–Crippen LogP) is 5.82. The average molecular weight is 291 g/mol. The SMILES string of the molecule is CC1(C=NC(c2ccccc2)c2ccccc2)CCCCC1. The van der Waals surface area contributed by atoms with Gasteiger partial charge in [-0.2, -0.15) is 0 Å². The molecule has 0 heterocycles. The van der Waals surface area contributed by atoms with Crippen molar-refractivity contribution in [2.24, 2.45) is 10.4 Å². The second-order valence-corrected chi connectivity index (χ2v) is 6.72. The van der Waals surface area contributed by atoms with Crippen molar-refractivity contribution >= 4 is 6.21 Å². The molecule has 0 amide bonds. The van der Waals surface area contributed by atoms with Gasteiger partial charge < -0.3 is 0 Å². The lowest BCUT2D eigenvalue weighted by molar-refractivity contribution is 0.318. The van der Waals surface area contributed by atoms with Crippen molar-refractivity contribution in [3.63, 3.8) is 0 Å². The lowest BCUT2D eigenvalue weighted by atomic mass is 9.77. The van der Waals surface area contributed by atoms with Crippen molar-refractivity contribution in [2.45, 2.75) is 45.1 Å². The molecule has 2 aromatic carbocycles. The minimum atomic E-state index is 0.112. The smallest absolute Gasteiger partial charge is 0.0995 e. The van der Waals surface area contributed by atoms with Gasteiger partial charge in [0.1, 0.15) is 0 Å². The van der Waals surface area contributed by atoms with Crippen LogP contribution in [0.25, 0.3) is 0 Å². The molecule has 0 radical (unpaired) electrons. The zero-order valence-electron chi connectivity index (χ0n) is 13.4. The molecular formula is C21H25N. The molecular weight excluding hydrogens is 266 g/mol. The first-order chi connectivity index (χ1) is 10.8. The summed E-state index contributed by atoms with van der Waals surface area (Å²) in [5.74, 6) is 0. The number of hydrogen-bond donors (Lipinski definition) is 0. The standard InChI is InChI=1S/C21H25N/c1-21(15-9-4-10-16-21)17-22-20(18-11-5-2-6-12-18)19-13-7-3-8-14-19/h2-3,5-8,11-14,17,20H,4,9-10,15-16H2,1H3. The van der Waals surface area contributed by atoms with E-state index in [2.05, 4.69) is 73.8 Å². The fourth-order valence-corrected chi connectivity index (χ4v) is 3.38. The molecule has 1 fully saturated rings. The predicted molar refractivity (Wildman–Crippen MR) is 94.4 cm³/mol. The highest BCUT2D eigenvalue weighted by Gasteiger charge is 2.25. The fraction of sp³-hybridized carbons (Fsp3) is 0.381. The van der Waals surface area contributed by atoms with Crippen LogP contribution in [0.4, 0.5) is 0 Å². The van der Waals surface area contributed by atoms with Gasteiger partial charge in [-0.25, -0.2) is 0 Å². The van der Waals surface area contributed by atoms with E-state index in [-0.39, 0.29) is 11.5 Å². The minimum absolute atomic E-state index is 0.112. The van der Waals surface area contributed by atoms with Gasteiger partial charge in [0.15, 0.2) is 0 Å². The molecule has 0 unspecified atom stereocenters. The number of nitrogens with zero attached hydrogens (tertiary/aromatic N) is 1. The highest BCUT2D eigenvalue weighted by atomic mass is 14.8. The summed E-state index contributed by atoms with van der Waals surface area (Å²) in [6, 6.07) is 21.4. The molecule has 2 aromatic rings. The Kier molecular flexibility index (Phi) is 4.72. The van der Waals surface area contributed by atoms with Gasteiger partial charge in [-0.15, -0.1) is 0 Å². The molecule has 114 valence electrons. The van der Waals surface area contributed by atoms with Gasteiger partial charge in [0.2, 0.25) is 0 Å². The van der Waals surface area contributed by atoms with Crippen LogP contribution in [0.3, 0.4) is 0 Å². The van der Waals surface area contributed by atoms with Crippen LogP contribution in [0.15, 0.2) is 65.7 Å². The third kappa shape index (κ3) is 3.65. The van der Waals surface area contributed by atoms with Gasteiger partial charge in [-0.05, 0) is 24.0 Å². The van der Waals surface area contributed by atoms with Crippen LogP contribution in [0.5, 0.6) is 0 Å².